The van der Waals surface area contributed by atoms with E-state index in [-0.39, 0.29) is 11.6 Å². The van der Waals surface area contributed by atoms with Gasteiger partial charge in [-0.05, 0) is 19.1 Å². The fourth-order valence-electron chi connectivity index (χ4n) is 1.59. The van der Waals surface area contributed by atoms with Crippen molar-refractivity contribution < 1.29 is 19.0 Å². The zero-order chi connectivity index (χ0) is 14.7. The summed E-state index contributed by atoms with van der Waals surface area (Å²) in [5.74, 6) is -2.51. The lowest BCUT2D eigenvalue weighted by atomic mass is 10.2. The monoisotopic (exact) mass is 278 g/mol. The summed E-state index contributed by atoms with van der Waals surface area (Å²) in [6, 6.07) is 3.22. The number of aromatic carboxylic acids is 1. The van der Waals surface area contributed by atoms with Crippen LogP contribution in [0.2, 0.25) is 0 Å². The molecule has 0 unspecified atom stereocenters. The Kier molecular flexibility index (Phi) is 3.79. The molecule has 0 amide bonds. The van der Waals surface area contributed by atoms with Gasteiger partial charge in [0.1, 0.15) is 11.6 Å². The van der Waals surface area contributed by atoms with Gasteiger partial charge in [0.05, 0.1) is 5.56 Å². The van der Waals surface area contributed by atoms with Gasteiger partial charge in [-0.25, -0.2) is 14.2 Å². The molecule has 7 heteroatoms. The van der Waals surface area contributed by atoms with Crippen molar-refractivity contribution in [1.82, 2.24) is 9.55 Å². The number of nitrogens with zero attached hydrogens (tertiary/aromatic N) is 2. The van der Waals surface area contributed by atoms with Gasteiger partial charge in [0.25, 0.3) is 5.88 Å². The Morgan fingerprint density at radius 3 is 2.85 bits per heavy atom. The number of aryl methyl sites for hydroxylation is 1. The highest BCUT2D eigenvalue weighted by molar-refractivity contribution is 5.88. The molecule has 104 valence electrons. The molecular formula is C13H11FN2O4. The fourth-order valence-corrected chi connectivity index (χ4v) is 1.59. The van der Waals surface area contributed by atoms with Crippen LogP contribution in [0.1, 0.15) is 17.3 Å². The van der Waals surface area contributed by atoms with Crippen LogP contribution < -0.4 is 10.3 Å². The number of carboxylic acids is 1. The molecule has 2 rings (SSSR count). The van der Waals surface area contributed by atoms with Crippen molar-refractivity contribution in [3.05, 3.63) is 52.3 Å². The predicted molar refractivity (Wildman–Crippen MR) is 67.6 cm³/mol. The van der Waals surface area contributed by atoms with E-state index in [1.54, 1.807) is 6.92 Å². The standard InChI is InChI=1S/C13H11FN2O4/c1-2-16-6-5-15-11(12(16)17)20-8-3-4-9(13(18)19)10(14)7-8/h3-7H,2H2,1H3,(H,18,19). The van der Waals surface area contributed by atoms with Crippen LogP contribution in [-0.4, -0.2) is 20.6 Å². The number of benzene rings is 1. The molecule has 0 aliphatic carbocycles. The van der Waals surface area contributed by atoms with E-state index in [1.807, 2.05) is 0 Å². The number of hydrogen-bond acceptors (Lipinski definition) is 4. The molecule has 1 N–H and O–H groups in total. The Morgan fingerprint density at radius 2 is 2.25 bits per heavy atom. The number of rotatable bonds is 4. The lowest BCUT2D eigenvalue weighted by Crippen LogP contribution is -2.20. The van der Waals surface area contributed by atoms with Crippen LogP contribution in [0, 0.1) is 5.82 Å². The molecule has 0 saturated carbocycles. The minimum Gasteiger partial charge on any atom is -0.478 e. The first kappa shape index (κ1) is 13.7. The average molecular weight is 278 g/mol. The number of carboxylic acid groups (broad SMARTS) is 1. The minimum atomic E-state index is -1.37. The molecule has 0 bridgehead atoms. The second kappa shape index (κ2) is 5.52. The largest absolute Gasteiger partial charge is 0.478 e. The number of aromatic nitrogens is 2. The van der Waals surface area contributed by atoms with Gasteiger partial charge in [-0.1, -0.05) is 0 Å². The van der Waals surface area contributed by atoms with Crippen molar-refractivity contribution >= 4 is 5.97 Å². The molecule has 1 aromatic carbocycles. The predicted octanol–water partition coefficient (Wildman–Crippen LogP) is 1.89. The molecule has 0 atom stereocenters. The van der Waals surface area contributed by atoms with Gasteiger partial charge in [-0.3, -0.25) is 4.79 Å². The topological polar surface area (TPSA) is 81.4 Å². The van der Waals surface area contributed by atoms with E-state index in [2.05, 4.69) is 4.98 Å². The van der Waals surface area contributed by atoms with Crippen LogP contribution >= 0.6 is 0 Å². The van der Waals surface area contributed by atoms with E-state index < -0.39 is 22.9 Å². The van der Waals surface area contributed by atoms with Gasteiger partial charge in [-0.2, -0.15) is 0 Å². The summed E-state index contributed by atoms with van der Waals surface area (Å²) in [5.41, 5.74) is -0.915. The highest BCUT2D eigenvalue weighted by Gasteiger charge is 2.13. The van der Waals surface area contributed by atoms with Crippen molar-refractivity contribution in [1.29, 1.82) is 0 Å². The van der Waals surface area contributed by atoms with E-state index >= 15 is 0 Å². The molecule has 0 radical (unpaired) electrons. The van der Waals surface area contributed by atoms with E-state index in [1.165, 1.54) is 23.0 Å². The van der Waals surface area contributed by atoms with Crippen molar-refractivity contribution in [2.75, 3.05) is 0 Å². The molecule has 6 nitrogen and oxygen atoms in total. The zero-order valence-corrected chi connectivity index (χ0v) is 10.5. The molecule has 0 spiro atoms. The quantitative estimate of drug-likeness (QED) is 0.923. The van der Waals surface area contributed by atoms with Gasteiger partial charge in [0.15, 0.2) is 0 Å². The van der Waals surface area contributed by atoms with Gasteiger partial charge < -0.3 is 14.4 Å². The highest BCUT2D eigenvalue weighted by Crippen LogP contribution is 2.20. The van der Waals surface area contributed by atoms with Crippen LogP contribution in [-0.2, 0) is 6.54 Å². The minimum absolute atomic E-state index is 0.00551. The molecular weight excluding hydrogens is 267 g/mol. The van der Waals surface area contributed by atoms with Gasteiger partial charge in [0.2, 0.25) is 0 Å². The lowest BCUT2D eigenvalue weighted by Gasteiger charge is -2.07. The van der Waals surface area contributed by atoms with Gasteiger partial charge in [-0.15, -0.1) is 0 Å². The Balaban J connectivity index is 2.34. The third-order valence-electron chi connectivity index (χ3n) is 2.61. The van der Waals surface area contributed by atoms with Crippen LogP contribution in [0.4, 0.5) is 4.39 Å². The molecule has 0 saturated heterocycles. The third kappa shape index (κ3) is 2.66. The van der Waals surface area contributed by atoms with E-state index in [9.17, 15) is 14.0 Å². The van der Waals surface area contributed by atoms with Crippen LogP contribution in [0.3, 0.4) is 0 Å². The van der Waals surface area contributed by atoms with Crippen LogP contribution in [0.15, 0.2) is 35.4 Å². The SMILES string of the molecule is CCn1ccnc(Oc2ccc(C(=O)O)c(F)c2)c1=O. The van der Waals surface area contributed by atoms with Gasteiger partial charge in [0, 0.05) is 25.0 Å². The summed E-state index contributed by atoms with van der Waals surface area (Å²) in [4.78, 5) is 26.3. The average Bonchev–Trinajstić information content (AvgIpc) is 2.41. The van der Waals surface area contributed by atoms with Crippen LogP contribution in [0.5, 0.6) is 11.6 Å². The summed E-state index contributed by atoms with van der Waals surface area (Å²) < 4.78 is 20.1. The summed E-state index contributed by atoms with van der Waals surface area (Å²) in [5, 5.41) is 8.71. The number of halogens is 1. The Bertz CT molecular complexity index is 712. The molecule has 0 aliphatic rings. The fraction of sp³-hybridized carbons (Fsp3) is 0.154. The second-order valence-corrected chi connectivity index (χ2v) is 3.87. The summed E-state index contributed by atoms with van der Waals surface area (Å²) in [6.07, 6.45) is 2.89. The smallest absolute Gasteiger partial charge is 0.338 e. The summed E-state index contributed by atoms with van der Waals surface area (Å²) >= 11 is 0. The lowest BCUT2D eigenvalue weighted by molar-refractivity contribution is 0.0692. The molecule has 20 heavy (non-hydrogen) atoms. The first-order valence-corrected chi connectivity index (χ1v) is 5.79. The van der Waals surface area contributed by atoms with E-state index in [0.717, 1.165) is 12.1 Å². The van der Waals surface area contributed by atoms with Gasteiger partial charge >= 0.3 is 11.5 Å². The summed E-state index contributed by atoms with van der Waals surface area (Å²) in [6.45, 7) is 2.23. The first-order valence-electron chi connectivity index (χ1n) is 5.79. The molecule has 0 aliphatic heterocycles. The summed E-state index contributed by atoms with van der Waals surface area (Å²) in [7, 11) is 0. The molecule has 0 fully saturated rings. The third-order valence-corrected chi connectivity index (χ3v) is 2.61. The van der Waals surface area contributed by atoms with Crippen molar-refractivity contribution in [2.45, 2.75) is 13.5 Å². The second-order valence-electron chi connectivity index (χ2n) is 3.87. The van der Waals surface area contributed by atoms with Crippen LogP contribution in [0.25, 0.3) is 0 Å². The number of hydrogen-bond donors (Lipinski definition) is 1. The Morgan fingerprint density at radius 1 is 1.50 bits per heavy atom. The Hall–Kier alpha value is -2.70. The molecule has 1 heterocycles. The van der Waals surface area contributed by atoms with Crippen molar-refractivity contribution in [2.24, 2.45) is 0 Å². The number of carbonyl (C=O) groups is 1. The number of ether oxygens (including phenoxy) is 1. The van der Waals surface area contributed by atoms with E-state index in [0.29, 0.717) is 6.54 Å². The maximum absolute atomic E-state index is 13.5. The molecule has 2 aromatic rings. The highest BCUT2D eigenvalue weighted by atomic mass is 19.1. The van der Waals surface area contributed by atoms with Crippen molar-refractivity contribution in [3.8, 4) is 11.6 Å². The maximum Gasteiger partial charge on any atom is 0.338 e. The first-order chi connectivity index (χ1) is 9.52. The van der Waals surface area contributed by atoms with E-state index in [4.69, 9.17) is 9.84 Å². The maximum atomic E-state index is 13.5. The molecule has 1 aromatic heterocycles. The Labute approximate surface area is 113 Å². The normalized spacial score (nSPS) is 10.3. The zero-order valence-electron chi connectivity index (χ0n) is 10.5. The van der Waals surface area contributed by atoms with Crippen molar-refractivity contribution in [3.63, 3.8) is 0 Å².